The number of hydrogen-bond acceptors (Lipinski definition) is 18. The molecule has 50 heavy (non-hydrogen) atoms. The van der Waals surface area contributed by atoms with Gasteiger partial charge in [0.1, 0.15) is 36.1 Å². The summed E-state index contributed by atoms with van der Waals surface area (Å²) in [7, 11) is -15.5. The average Bonchev–Trinajstić information content (AvgIpc) is 2.98. The topological polar surface area (TPSA) is 331 Å². The predicted octanol–water partition coefficient (Wildman–Crippen LogP) is 1.86. The van der Waals surface area contributed by atoms with E-state index in [1.165, 1.54) is 36.4 Å². The Hall–Kier alpha value is -5.56. The van der Waals surface area contributed by atoms with Crippen LogP contribution in [0.15, 0.2) is 80.5 Å². The molecule has 3 aromatic carbocycles. The number of Topliss-reactive ketones (excluding diaryl/α,β-unsaturated/α-hetero) is 1. The number of aromatic nitrogens is 3. The maximum atomic E-state index is 13.3. The monoisotopic (exact) mass is 762 g/mol. The van der Waals surface area contributed by atoms with Crippen LogP contribution in [0, 0.1) is 0 Å². The SMILES string of the molecule is NC(=O)Nc1ccc2c(c1)C=C(S(=O)(=O)[O-])C(=NNc1cc(Nc3nc(Cl)nc(Nc4ccccc4S(=O)(=O)[O-])n3)ccc1S(=O)(=O)[O-])C2=O. The first-order valence-corrected chi connectivity index (χ1v) is 17.8. The van der Waals surface area contributed by atoms with Gasteiger partial charge in [-0.05, 0) is 71.8 Å². The van der Waals surface area contributed by atoms with E-state index in [4.69, 9.17) is 17.3 Å². The van der Waals surface area contributed by atoms with Crippen molar-refractivity contribution in [2.45, 2.75) is 9.79 Å². The van der Waals surface area contributed by atoms with Gasteiger partial charge in [-0.1, -0.05) is 12.1 Å². The predicted molar refractivity (Wildman–Crippen MR) is 173 cm³/mol. The highest BCUT2D eigenvalue weighted by atomic mass is 35.5. The van der Waals surface area contributed by atoms with Crippen LogP contribution in [0.5, 0.6) is 0 Å². The number of urea groups is 1. The van der Waals surface area contributed by atoms with Crippen LogP contribution in [0.4, 0.5) is 39.4 Å². The minimum Gasteiger partial charge on any atom is -0.744 e. The molecule has 0 saturated heterocycles. The summed E-state index contributed by atoms with van der Waals surface area (Å²) in [6.07, 6.45) is 0.802. The van der Waals surface area contributed by atoms with Gasteiger partial charge in [0.15, 0.2) is 0 Å². The lowest BCUT2D eigenvalue weighted by molar-refractivity contribution is 0.106. The van der Waals surface area contributed by atoms with E-state index in [2.05, 4.69) is 41.4 Å². The molecule has 1 aromatic heterocycles. The number of amides is 2. The minimum absolute atomic E-state index is 0.0575. The number of rotatable bonds is 10. The summed E-state index contributed by atoms with van der Waals surface area (Å²) in [5.74, 6) is -1.75. The van der Waals surface area contributed by atoms with E-state index in [-0.39, 0.29) is 40.1 Å². The Kier molecular flexibility index (Phi) is 9.57. The van der Waals surface area contributed by atoms with Gasteiger partial charge in [0.25, 0.3) is 0 Å². The summed E-state index contributed by atoms with van der Waals surface area (Å²) < 4.78 is 107. The number of benzene rings is 3. The number of ketones is 1. The van der Waals surface area contributed by atoms with Crippen molar-refractivity contribution in [3.63, 3.8) is 0 Å². The van der Waals surface area contributed by atoms with Gasteiger partial charge in [0.05, 0.1) is 26.1 Å². The largest absolute Gasteiger partial charge is 0.744 e. The molecule has 6 N–H and O–H groups in total. The van der Waals surface area contributed by atoms with Gasteiger partial charge in [0.2, 0.25) is 23.0 Å². The third kappa shape index (κ3) is 8.17. The lowest BCUT2D eigenvalue weighted by Crippen LogP contribution is -2.27. The molecule has 0 saturated carbocycles. The maximum Gasteiger partial charge on any atom is 0.316 e. The lowest BCUT2D eigenvalue weighted by Gasteiger charge is -2.21. The van der Waals surface area contributed by atoms with Crippen molar-refractivity contribution in [2.75, 3.05) is 21.4 Å². The van der Waals surface area contributed by atoms with Crippen molar-refractivity contribution in [3.8, 4) is 0 Å². The molecular formula is C26H17ClN9O11S3-3. The number of carbonyl (C=O) groups excluding carboxylic acids is 2. The van der Waals surface area contributed by atoms with Crippen molar-refractivity contribution in [1.29, 1.82) is 0 Å². The molecule has 0 bridgehead atoms. The number of para-hydroxylation sites is 1. The van der Waals surface area contributed by atoms with Crippen LogP contribution in [0.25, 0.3) is 6.08 Å². The van der Waals surface area contributed by atoms with E-state index in [1.54, 1.807) is 0 Å². The molecule has 1 heterocycles. The molecule has 0 aliphatic heterocycles. The summed E-state index contributed by atoms with van der Waals surface area (Å²) in [4.78, 5) is 33.5. The fraction of sp³-hybridized carbons (Fsp3) is 0. The van der Waals surface area contributed by atoms with Gasteiger partial charge in [-0.25, -0.2) is 30.0 Å². The van der Waals surface area contributed by atoms with Gasteiger partial charge in [-0.15, -0.1) is 0 Å². The van der Waals surface area contributed by atoms with E-state index >= 15 is 0 Å². The fourth-order valence-corrected chi connectivity index (χ4v) is 6.43. The quantitative estimate of drug-likeness (QED) is 0.114. The molecule has 0 fully saturated rings. The number of nitrogens with one attached hydrogen (secondary N) is 4. The first-order valence-electron chi connectivity index (χ1n) is 13.2. The zero-order chi connectivity index (χ0) is 36.6. The normalized spacial score (nSPS) is 14.0. The number of nitrogens with two attached hydrogens (primary N) is 1. The Bertz CT molecular complexity index is 2490. The molecular weight excluding hydrogens is 746 g/mol. The highest BCUT2D eigenvalue weighted by Gasteiger charge is 2.30. The fourth-order valence-electron chi connectivity index (χ4n) is 4.38. The van der Waals surface area contributed by atoms with Gasteiger partial charge >= 0.3 is 6.03 Å². The number of carbonyl (C=O) groups is 2. The van der Waals surface area contributed by atoms with Crippen LogP contribution < -0.4 is 27.1 Å². The standard InChI is InChI=1S/C26H20ClN9O11S3/c27-23-32-25(34-26(33-23)31-16-3-1-2-4-18(16)48(39,40)41)30-14-6-8-19(49(42,43)44)17(11-14)35-36-21-20(50(45,46)47)10-12-9-13(29-24(28)38)5-7-15(12)22(21)37/h1-11,35H,(H3,28,29,38)(H,39,40,41)(H,42,43,44)(H,45,46,47)(H2,30,31,32,33,34)/p-3. The van der Waals surface area contributed by atoms with Gasteiger partial charge in [0, 0.05) is 16.9 Å². The smallest absolute Gasteiger partial charge is 0.316 e. The number of allylic oxidation sites excluding steroid dienone is 1. The zero-order valence-electron chi connectivity index (χ0n) is 24.3. The zero-order valence-corrected chi connectivity index (χ0v) is 27.5. The van der Waals surface area contributed by atoms with E-state index < -0.39 is 73.5 Å². The Morgan fingerprint density at radius 3 is 2.02 bits per heavy atom. The molecule has 20 nitrogen and oxygen atoms in total. The van der Waals surface area contributed by atoms with Crippen LogP contribution in [0.2, 0.25) is 5.28 Å². The summed E-state index contributed by atoms with van der Waals surface area (Å²) in [5.41, 5.74) is 5.22. The summed E-state index contributed by atoms with van der Waals surface area (Å²) >= 11 is 5.99. The van der Waals surface area contributed by atoms with E-state index in [1.807, 2.05) is 0 Å². The number of halogens is 1. The van der Waals surface area contributed by atoms with Crippen LogP contribution in [0.3, 0.4) is 0 Å². The summed E-state index contributed by atoms with van der Waals surface area (Å²) in [6, 6.07) is 10.5. The second kappa shape index (κ2) is 13.4. The molecule has 1 aliphatic carbocycles. The van der Waals surface area contributed by atoms with Crippen molar-refractivity contribution in [1.82, 2.24) is 15.0 Å². The molecule has 24 heteroatoms. The molecule has 0 spiro atoms. The lowest BCUT2D eigenvalue weighted by atomic mass is 9.94. The molecule has 0 atom stereocenters. The van der Waals surface area contributed by atoms with E-state index in [0.717, 1.165) is 30.3 Å². The average molecular weight is 763 g/mol. The Morgan fingerprint density at radius 2 is 1.38 bits per heavy atom. The minimum atomic E-state index is -5.40. The summed E-state index contributed by atoms with van der Waals surface area (Å²) in [5, 5.41) is 10.6. The van der Waals surface area contributed by atoms with Crippen LogP contribution >= 0.6 is 11.6 Å². The van der Waals surface area contributed by atoms with Gasteiger partial charge in [-0.2, -0.15) is 20.1 Å². The Labute approximate surface area is 286 Å². The first-order chi connectivity index (χ1) is 23.3. The number of anilines is 6. The molecule has 260 valence electrons. The molecule has 0 unspecified atom stereocenters. The van der Waals surface area contributed by atoms with Gasteiger partial charge < -0.3 is 35.3 Å². The molecule has 5 rings (SSSR count). The van der Waals surface area contributed by atoms with Gasteiger partial charge in [-0.3, -0.25) is 10.2 Å². The van der Waals surface area contributed by atoms with E-state index in [9.17, 15) is 48.5 Å². The maximum absolute atomic E-state index is 13.3. The molecule has 0 radical (unpaired) electrons. The van der Waals surface area contributed by atoms with Crippen LogP contribution in [-0.2, 0) is 30.4 Å². The Morgan fingerprint density at radius 1 is 0.760 bits per heavy atom. The molecule has 4 aromatic rings. The van der Waals surface area contributed by atoms with Crippen LogP contribution in [0.1, 0.15) is 15.9 Å². The summed E-state index contributed by atoms with van der Waals surface area (Å²) in [6.45, 7) is 0. The number of nitrogens with zero attached hydrogens (tertiary/aromatic N) is 4. The first kappa shape index (κ1) is 35.7. The number of primary amides is 1. The number of hydrazone groups is 1. The second-order valence-corrected chi connectivity index (χ2v) is 14.2. The van der Waals surface area contributed by atoms with E-state index in [0.29, 0.717) is 0 Å². The molecule has 2 amide bonds. The van der Waals surface area contributed by atoms with Crippen molar-refractivity contribution in [3.05, 3.63) is 82.0 Å². The molecule has 1 aliphatic rings. The Balaban J connectivity index is 1.50. The van der Waals surface area contributed by atoms with Crippen molar-refractivity contribution >= 4 is 100 Å². The third-order valence-electron chi connectivity index (χ3n) is 6.37. The van der Waals surface area contributed by atoms with Crippen LogP contribution in [-0.4, -0.2) is 71.4 Å². The highest BCUT2D eigenvalue weighted by Crippen LogP contribution is 2.31. The van der Waals surface area contributed by atoms with Crippen molar-refractivity contribution in [2.24, 2.45) is 10.8 Å². The third-order valence-corrected chi connectivity index (χ3v) is 9.18. The number of hydrogen-bond donors (Lipinski definition) is 5. The van der Waals surface area contributed by atoms with Crippen molar-refractivity contribution < 1.29 is 48.5 Å². The highest BCUT2D eigenvalue weighted by molar-refractivity contribution is 7.91. The second-order valence-electron chi connectivity index (χ2n) is 9.77. The number of fused-ring (bicyclic) bond motifs is 1.